The van der Waals surface area contributed by atoms with E-state index in [1.165, 1.54) is 16.5 Å². The van der Waals surface area contributed by atoms with Crippen LogP contribution < -0.4 is 10.9 Å². The average molecular weight is 375 g/mol. The molecule has 0 radical (unpaired) electrons. The number of rotatable bonds is 5. The summed E-state index contributed by atoms with van der Waals surface area (Å²) in [5, 5.41) is 3.50. The van der Waals surface area contributed by atoms with Gasteiger partial charge in [-0.1, -0.05) is 23.7 Å². The van der Waals surface area contributed by atoms with Crippen LogP contribution in [0.5, 0.6) is 0 Å². The first kappa shape index (κ1) is 18.4. The molecule has 1 aromatic carbocycles. The molecular formula is C19H20ClFN4O. The van der Waals surface area contributed by atoms with Crippen molar-refractivity contribution in [3.8, 4) is 0 Å². The van der Waals surface area contributed by atoms with Gasteiger partial charge in [0.25, 0.3) is 5.56 Å². The summed E-state index contributed by atoms with van der Waals surface area (Å²) in [5.41, 5.74) is 1.77. The van der Waals surface area contributed by atoms with Gasteiger partial charge in [0.1, 0.15) is 17.3 Å². The molecule has 1 N–H and O–H groups in total. The predicted octanol–water partition coefficient (Wildman–Crippen LogP) is 3.51. The molecule has 136 valence electrons. The van der Waals surface area contributed by atoms with Crippen LogP contribution >= 0.6 is 11.6 Å². The fraction of sp³-hybridized carbons (Fsp3) is 0.263. The molecule has 0 aliphatic rings. The topological polar surface area (TPSA) is 49.6 Å². The lowest BCUT2D eigenvalue weighted by molar-refractivity contribution is 0.304. The van der Waals surface area contributed by atoms with E-state index in [9.17, 15) is 9.18 Å². The van der Waals surface area contributed by atoms with E-state index >= 15 is 0 Å². The van der Waals surface area contributed by atoms with Gasteiger partial charge in [-0.05, 0) is 44.8 Å². The Morgan fingerprint density at radius 1 is 1.31 bits per heavy atom. The summed E-state index contributed by atoms with van der Waals surface area (Å²) in [7, 11) is 3.70. The maximum absolute atomic E-state index is 14.3. The number of pyridine rings is 1. The quantitative estimate of drug-likeness (QED) is 0.742. The molecule has 7 heteroatoms. The number of benzene rings is 1. The van der Waals surface area contributed by atoms with Crippen LogP contribution in [0.1, 0.15) is 17.2 Å². The summed E-state index contributed by atoms with van der Waals surface area (Å²) in [6.45, 7) is 2.26. The smallest absolute Gasteiger partial charge is 0.259 e. The molecule has 0 aliphatic carbocycles. The highest BCUT2D eigenvalue weighted by atomic mass is 35.5. The van der Waals surface area contributed by atoms with Gasteiger partial charge in [0.2, 0.25) is 0 Å². The zero-order chi connectivity index (χ0) is 18.8. The number of aromatic nitrogens is 2. The minimum absolute atomic E-state index is 0.175. The summed E-state index contributed by atoms with van der Waals surface area (Å²) in [4.78, 5) is 18.6. The maximum atomic E-state index is 14.3. The van der Waals surface area contributed by atoms with E-state index in [2.05, 4.69) is 10.3 Å². The molecule has 0 bridgehead atoms. The largest absolute Gasteiger partial charge is 0.368 e. The van der Waals surface area contributed by atoms with E-state index in [1.807, 2.05) is 32.0 Å². The number of likely N-dealkylation sites (N-methyl/N-ethyl adjacent to an activating group) is 1. The molecule has 1 unspecified atom stereocenters. The van der Waals surface area contributed by atoms with Crippen LogP contribution in [0.4, 0.5) is 10.2 Å². The molecule has 0 amide bonds. The van der Waals surface area contributed by atoms with Gasteiger partial charge in [-0.3, -0.25) is 9.20 Å². The molecule has 3 aromatic rings. The van der Waals surface area contributed by atoms with Gasteiger partial charge in [0.05, 0.1) is 6.04 Å². The number of hydrogen-bond acceptors (Lipinski definition) is 4. The molecule has 0 aliphatic heterocycles. The highest BCUT2D eigenvalue weighted by Gasteiger charge is 2.21. The molecule has 0 saturated heterocycles. The molecule has 26 heavy (non-hydrogen) atoms. The van der Waals surface area contributed by atoms with Gasteiger partial charge >= 0.3 is 0 Å². The van der Waals surface area contributed by atoms with Crippen molar-refractivity contribution < 1.29 is 4.39 Å². The first-order valence-electron chi connectivity index (χ1n) is 8.21. The molecule has 0 spiro atoms. The molecule has 1 atom stereocenters. The molecular weight excluding hydrogens is 355 g/mol. The maximum Gasteiger partial charge on any atom is 0.259 e. The fourth-order valence-corrected chi connectivity index (χ4v) is 3.16. The van der Waals surface area contributed by atoms with Gasteiger partial charge in [-0.2, -0.15) is 0 Å². The van der Waals surface area contributed by atoms with Crippen LogP contribution in [0.2, 0.25) is 5.02 Å². The van der Waals surface area contributed by atoms with E-state index < -0.39 is 0 Å². The third kappa shape index (κ3) is 3.71. The van der Waals surface area contributed by atoms with Crippen molar-refractivity contribution in [2.75, 3.05) is 26.0 Å². The fourth-order valence-electron chi connectivity index (χ4n) is 2.87. The van der Waals surface area contributed by atoms with Crippen molar-refractivity contribution in [1.29, 1.82) is 0 Å². The first-order chi connectivity index (χ1) is 12.4. The molecule has 2 heterocycles. The highest BCUT2D eigenvalue weighted by Crippen LogP contribution is 2.29. The van der Waals surface area contributed by atoms with Crippen molar-refractivity contribution in [3.63, 3.8) is 0 Å². The van der Waals surface area contributed by atoms with E-state index in [0.29, 0.717) is 28.6 Å². The van der Waals surface area contributed by atoms with Gasteiger partial charge in [0, 0.05) is 29.4 Å². The van der Waals surface area contributed by atoms with Gasteiger partial charge < -0.3 is 10.2 Å². The van der Waals surface area contributed by atoms with Crippen LogP contribution in [0.3, 0.4) is 0 Å². The monoisotopic (exact) mass is 374 g/mol. The van der Waals surface area contributed by atoms with E-state index in [1.54, 1.807) is 24.4 Å². The van der Waals surface area contributed by atoms with Crippen LogP contribution in [0, 0.1) is 12.7 Å². The van der Waals surface area contributed by atoms with Crippen molar-refractivity contribution in [2.45, 2.75) is 13.0 Å². The molecule has 2 aromatic heterocycles. The lowest BCUT2D eigenvalue weighted by atomic mass is 10.1. The Morgan fingerprint density at radius 3 is 2.77 bits per heavy atom. The van der Waals surface area contributed by atoms with Crippen LogP contribution in [-0.2, 0) is 0 Å². The van der Waals surface area contributed by atoms with Crippen LogP contribution in [0.25, 0.3) is 5.65 Å². The zero-order valence-electron chi connectivity index (χ0n) is 14.8. The Hall–Kier alpha value is -2.44. The van der Waals surface area contributed by atoms with E-state index in [4.69, 9.17) is 11.6 Å². The normalized spacial score (nSPS) is 12.5. The molecule has 5 nitrogen and oxygen atoms in total. The summed E-state index contributed by atoms with van der Waals surface area (Å²) in [6.07, 6.45) is 1.75. The Balaban J connectivity index is 1.90. The molecule has 3 rings (SSSR count). The molecule has 0 fully saturated rings. The van der Waals surface area contributed by atoms with E-state index in [0.717, 1.165) is 5.56 Å². The van der Waals surface area contributed by atoms with Gasteiger partial charge in [-0.15, -0.1) is 0 Å². The van der Waals surface area contributed by atoms with E-state index in [-0.39, 0.29) is 17.4 Å². The summed E-state index contributed by atoms with van der Waals surface area (Å²) in [5.74, 6) is 0.0816. The first-order valence-corrected chi connectivity index (χ1v) is 8.59. The second-order valence-electron chi connectivity index (χ2n) is 6.41. The molecule has 0 saturated carbocycles. The van der Waals surface area contributed by atoms with Crippen molar-refractivity contribution in [1.82, 2.24) is 14.3 Å². The predicted molar refractivity (Wildman–Crippen MR) is 103 cm³/mol. The second kappa shape index (κ2) is 7.43. The number of nitrogens with one attached hydrogen (secondary N) is 1. The number of halogens is 2. The number of nitrogens with zero attached hydrogens (tertiary/aromatic N) is 3. The SMILES string of the molecule is Cc1ccc2nc(NCC(c3c(F)cccc3Cl)N(C)C)cc(=O)n2c1. The third-order valence-electron chi connectivity index (χ3n) is 4.24. The lowest BCUT2D eigenvalue weighted by Gasteiger charge is -2.26. The van der Waals surface area contributed by atoms with Crippen molar-refractivity contribution in [3.05, 3.63) is 74.9 Å². The minimum atomic E-state index is -0.361. The summed E-state index contributed by atoms with van der Waals surface area (Å²) in [6, 6.07) is 9.44. The average Bonchev–Trinajstić information content (AvgIpc) is 2.58. The Kier molecular flexibility index (Phi) is 5.25. The number of hydrogen-bond donors (Lipinski definition) is 1. The number of aryl methyl sites for hydroxylation is 1. The van der Waals surface area contributed by atoms with Gasteiger partial charge in [-0.25, -0.2) is 9.37 Å². The standard InChI is InChI=1S/C19H20ClFN4O/c1-12-7-8-17-23-16(9-18(26)25(17)11-12)22-10-15(24(2)3)19-13(20)5-4-6-14(19)21/h4-9,11,15,22H,10H2,1-3H3. The van der Waals surface area contributed by atoms with Crippen LogP contribution in [0.15, 0.2) is 47.4 Å². The van der Waals surface area contributed by atoms with Crippen LogP contribution in [-0.4, -0.2) is 34.9 Å². The highest BCUT2D eigenvalue weighted by molar-refractivity contribution is 6.31. The lowest BCUT2D eigenvalue weighted by Crippen LogP contribution is -2.28. The Bertz CT molecular complexity index is 982. The van der Waals surface area contributed by atoms with Crippen molar-refractivity contribution in [2.24, 2.45) is 0 Å². The zero-order valence-corrected chi connectivity index (χ0v) is 15.6. The number of fused-ring (bicyclic) bond motifs is 1. The third-order valence-corrected chi connectivity index (χ3v) is 4.57. The number of anilines is 1. The van der Waals surface area contributed by atoms with Gasteiger partial charge in [0.15, 0.2) is 0 Å². The summed E-state index contributed by atoms with van der Waals surface area (Å²) >= 11 is 6.20. The summed E-state index contributed by atoms with van der Waals surface area (Å²) < 4.78 is 15.8. The Labute approximate surface area is 156 Å². The second-order valence-corrected chi connectivity index (χ2v) is 6.82. The van der Waals surface area contributed by atoms with Crippen molar-refractivity contribution >= 4 is 23.1 Å². The minimum Gasteiger partial charge on any atom is -0.368 e. The Morgan fingerprint density at radius 2 is 2.08 bits per heavy atom.